The van der Waals surface area contributed by atoms with E-state index in [1.807, 2.05) is 25.1 Å². The van der Waals surface area contributed by atoms with Crippen LogP contribution in [0.25, 0.3) is 0 Å². The Morgan fingerprint density at radius 1 is 1.14 bits per heavy atom. The van der Waals surface area contributed by atoms with Gasteiger partial charge in [-0.2, -0.15) is 0 Å². The summed E-state index contributed by atoms with van der Waals surface area (Å²) >= 11 is 3.31. The Kier molecular flexibility index (Phi) is 7.98. The molecule has 4 nitrogen and oxygen atoms in total. The van der Waals surface area contributed by atoms with Crippen LogP contribution < -0.4 is 5.32 Å². The maximum atomic E-state index is 12.5. The molecule has 0 bridgehead atoms. The number of hydrogen-bond donors (Lipinski definition) is 1. The van der Waals surface area contributed by atoms with Gasteiger partial charge in [0.2, 0.25) is 5.91 Å². The van der Waals surface area contributed by atoms with Crippen LogP contribution in [0.2, 0.25) is 0 Å². The van der Waals surface area contributed by atoms with Gasteiger partial charge in [-0.05, 0) is 62.5 Å². The minimum absolute atomic E-state index is 0.0318. The number of hydrogen-bond acceptors (Lipinski definition) is 5. The van der Waals surface area contributed by atoms with E-state index in [9.17, 15) is 9.59 Å². The molecule has 0 aliphatic heterocycles. The molecular weight excluding hydrogens is 390 g/mol. The number of anilines is 1. The summed E-state index contributed by atoms with van der Waals surface area (Å²) in [6, 6.07) is 10.2. The molecule has 3 rings (SSSR count). The molecule has 1 amide bonds. The van der Waals surface area contributed by atoms with E-state index in [0.717, 1.165) is 43.4 Å². The highest BCUT2D eigenvalue weighted by Gasteiger charge is 2.26. The molecule has 6 heteroatoms. The number of rotatable bonds is 8. The van der Waals surface area contributed by atoms with Crippen molar-refractivity contribution in [2.75, 3.05) is 17.7 Å². The lowest BCUT2D eigenvalue weighted by Crippen LogP contribution is -2.15. The Hall–Kier alpha value is -1.79. The molecule has 0 radical (unpaired) electrons. The summed E-state index contributed by atoms with van der Waals surface area (Å²) in [4.78, 5) is 27.5. The highest BCUT2D eigenvalue weighted by molar-refractivity contribution is 7.99. The number of aryl methyl sites for hydroxylation is 1. The molecule has 1 heterocycles. The number of amides is 1. The Balaban J connectivity index is 1.60. The molecule has 2 aromatic rings. The summed E-state index contributed by atoms with van der Waals surface area (Å²) in [5.41, 5.74) is 1.69. The molecule has 28 heavy (non-hydrogen) atoms. The standard InChI is InChI=1S/C22H27NO3S2/c1-2-26-22(25)20-17-12-7-4-8-13-18(17)28-21(20)23-19(24)14-9-15-27-16-10-5-3-6-11-16/h3,5-6,10-11H,2,4,7-9,12-15H2,1H3,(H,23,24). The van der Waals surface area contributed by atoms with Gasteiger partial charge in [-0.3, -0.25) is 4.79 Å². The third-order valence-electron chi connectivity index (χ3n) is 4.71. The molecular formula is C22H27NO3S2. The van der Waals surface area contributed by atoms with E-state index in [2.05, 4.69) is 17.4 Å². The van der Waals surface area contributed by atoms with Crippen LogP contribution in [0.15, 0.2) is 35.2 Å². The number of esters is 1. The number of thiophene rings is 1. The van der Waals surface area contributed by atoms with Crippen LogP contribution in [-0.4, -0.2) is 24.2 Å². The number of nitrogens with one attached hydrogen (secondary N) is 1. The van der Waals surface area contributed by atoms with Crippen molar-refractivity contribution in [3.63, 3.8) is 0 Å². The second kappa shape index (κ2) is 10.7. The van der Waals surface area contributed by atoms with Crippen molar-refractivity contribution in [1.82, 2.24) is 0 Å². The topological polar surface area (TPSA) is 55.4 Å². The van der Waals surface area contributed by atoms with E-state index in [1.165, 1.54) is 16.2 Å². The average Bonchev–Trinajstić information content (AvgIpc) is 2.87. The largest absolute Gasteiger partial charge is 0.462 e. The molecule has 1 aliphatic rings. The van der Waals surface area contributed by atoms with Crippen LogP contribution in [0.4, 0.5) is 5.00 Å². The fraction of sp³-hybridized carbons (Fsp3) is 0.455. The SMILES string of the molecule is CCOC(=O)c1c(NC(=O)CCCSc2ccccc2)sc2c1CCCCC2. The molecule has 0 saturated heterocycles. The lowest BCUT2D eigenvalue weighted by Gasteiger charge is -2.08. The van der Waals surface area contributed by atoms with Crippen LogP contribution in [0, 0.1) is 0 Å². The second-order valence-electron chi connectivity index (χ2n) is 6.80. The lowest BCUT2D eigenvalue weighted by molar-refractivity contribution is -0.116. The van der Waals surface area contributed by atoms with Crippen LogP contribution in [-0.2, 0) is 22.4 Å². The first-order valence-electron chi connectivity index (χ1n) is 9.98. The van der Waals surface area contributed by atoms with Crippen molar-refractivity contribution in [3.05, 3.63) is 46.3 Å². The fourth-order valence-electron chi connectivity index (χ4n) is 3.38. The number of benzene rings is 1. The summed E-state index contributed by atoms with van der Waals surface area (Å²) in [6.07, 6.45) is 6.53. The highest BCUT2D eigenvalue weighted by atomic mass is 32.2. The Morgan fingerprint density at radius 2 is 1.93 bits per heavy atom. The van der Waals surface area contributed by atoms with Gasteiger partial charge in [0.25, 0.3) is 0 Å². The zero-order chi connectivity index (χ0) is 19.8. The number of carbonyl (C=O) groups excluding carboxylic acids is 2. The zero-order valence-electron chi connectivity index (χ0n) is 16.3. The van der Waals surface area contributed by atoms with Crippen LogP contribution in [0.1, 0.15) is 59.8 Å². The molecule has 1 aromatic carbocycles. The molecule has 1 aliphatic carbocycles. The first-order chi connectivity index (χ1) is 13.7. The van der Waals surface area contributed by atoms with Gasteiger partial charge in [0.05, 0.1) is 12.2 Å². The second-order valence-corrected chi connectivity index (χ2v) is 9.08. The van der Waals surface area contributed by atoms with Crippen molar-refractivity contribution in [2.45, 2.75) is 56.8 Å². The summed E-state index contributed by atoms with van der Waals surface area (Å²) in [7, 11) is 0. The first-order valence-corrected chi connectivity index (χ1v) is 11.8. The van der Waals surface area contributed by atoms with Crippen LogP contribution >= 0.6 is 23.1 Å². The maximum Gasteiger partial charge on any atom is 0.341 e. The van der Waals surface area contributed by atoms with Gasteiger partial charge in [-0.1, -0.05) is 24.6 Å². The van der Waals surface area contributed by atoms with E-state index in [0.29, 0.717) is 23.6 Å². The van der Waals surface area contributed by atoms with E-state index in [-0.39, 0.29) is 11.9 Å². The van der Waals surface area contributed by atoms with Gasteiger partial charge in [-0.15, -0.1) is 23.1 Å². The van der Waals surface area contributed by atoms with Gasteiger partial charge in [-0.25, -0.2) is 4.79 Å². The third-order valence-corrected chi connectivity index (χ3v) is 7.02. The number of fused-ring (bicyclic) bond motifs is 1. The minimum atomic E-state index is -0.308. The van der Waals surface area contributed by atoms with Gasteiger partial charge in [0.1, 0.15) is 5.00 Å². The van der Waals surface area contributed by atoms with Crippen molar-refractivity contribution >= 4 is 40.0 Å². The van der Waals surface area contributed by atoms with Gasteiger partial charge >= 0.3 is 5.97 Å². The monoisotopic (exact) mass is 417 g/mol. The molecule has 0 atom stereocenters. The zero-order valence-corrected chi connectivity index (χ0v) is 17.9. The van der Waals surface area contributed by atoms with Crippen molar-refractivity contribution < 1.29 is 14.3 Å². The summed E-state index contributed by atoms with van der Waals surface area (Å²) in [6.45, 7) is 2.15. The van der Waals surface area contributed by atoms with Crippen LogP contribution in [0.5, 0.6) is 0 Å². The fourth-order valence-corrected chi connectivity index (χ4v) is 5.55. The van der Waals surface area contributed by atoms with Crippen LogP contribution in [0.3, 0.4) is 0 Å². The quantitative estimate of drug-likeness (QED) is 0.259. The molecule has 150 valence electrons. The molecule has 0 fully saturated rings. The minimum Gasteiger partial charge on any atom is -0.462 e. The van der Waals surface area contributed by atoms with Gasteiger partial charge < -0.3 is 10.1 Å². The van der Waals surface area contributed by atoms with Crippen molar-refractivity contribution in [2.24, 2.45) is 0 Å². The molecule has 0 spiro atoms. The number of carbonyl (C=O) groups is 2. The molecule has 1 aromatic heterocycles. The van der Waals surface area contributed by atoms with Crippen molar-refractivity contribution in [3.8, 4) is 0 Å². The van der Waals surface area contributed by atoms with E-state index >= 15 is 0 Å². The third kappa shape index (κ3) is 5.61. The first kappa shape index (κ1) is 20.9. The predicted molar refractivity (Wildman–Crippen MR) is 117 cm³/mol. The van der Waals surface area contributed by atoms with Gasteiger partial charge in [0.15, 0.2) is 0 Å². The number of ether oxygens (including phenoxy) is 1. The van der Waals surface area contributed by atoms with E-state index in [1.54, 1.807) is 23.1 Å². The van der Waals surface area contributed by atoms with E-state index < -0.39 is 0 Å². The van der Waals surface area contributed by atoms with Gasteiger partial charge in [0, 0.05) is 16.2 Å². The maximum absolute atomic E-state index is 12.5. The average molecular weight is 418 g/mol. The summed E-state index contributed by atoms with van der Waals surface area (Å²) in [5, 5.41) is 3.67. The predicted octanol–water partition coefficient (Wildman–Crippen LogP) is 5.70. The Bertz CT molecular complexity index is 802. The lowest BCUT2D eigenvalue weighted by atomic mass is 10.1. The van der Waals surface area contributed by atoms with Crippen molar-refractivity contribution in [1.29, 1.82) is 0 Å². The molecule has 0 saturated carbocycles. The Labute approximate surface area is 175 Å². The molecule has 1 N–H and O–H groups in total. The Morgan fingerprint density at radius 3 is 2.71 bits per heavy atom. The highest BCUT2D eigenvalue weighted by Crippen LogP contribution is 2.38. The summed E-state index contributed by atoms with van der Waals surface area (Å²) in [5.74, 6) is 0.552. The normalized spacial score (nSPS) is 13.5. The summed E-state index contributed by atoms with van der Waals surface area (Å²) < 4.78 is 5.28. The smallest absolute Gasteiger partial charge is 0.341 e. The molecule has 0 unspecified atom stereocenters. The van der Waals surface area contributed by atoms with E-state index in [4.69, 9.17) is 4.74 Å². The number of thioether (sulfide) groups is 1.